The molecule has 3 aromatic carbocycles. The number of likely N-dealkylation sites (N-methyl/N-ethyl adjacent to an activating group) is 1. The normalized spacial score (nSPS) is 11.9. The molecule has 1 atom stereocenters. The quantitative estimate of drug-likeness (QED) is 0.314. The lowest BCUT2D eigenvalue weighted by Gasteiger charge is -2.32. The van der Waals surface area contributed by atoms with E-state index in [0.717, 1.165) is 19.9 Å². The van der Waals surface area contributed by atoms with Crippen LogP contribution in [0.2, 0.25) is 5.02 Å². The van der Waals surface area contributed by atoms with Crippen LogP contribution in [0.4, 0.5) is 5.69 Å². The van der Waals surface area contributed by atoms with Gasteiger partial charge in [-0.25, -0.2) is 8.42 Å². The summed E-state index contributed by atoms with van der Waals surface area (Å²) in [5, 5.41) is 3.01. The van der Waals surface area contributed by atoms with Crippen molar-refractivity contribution in [2.45, 2.75) is 38.3 Å². The molecular weight excluding hydrogens is 606 g/mol. The molecule has 0 aromatic heterocycles. The summed E-state index contributed by atoms with van der Waals surface area (Å²) >= 11 is 9.65. The van der Waals surface area contributed by atoms with Crippen molar-refractivity contribution in [1.82, 2.24) is 10.2 Å². The van der Waals surface area contributed by atoms with Gasteiger partial charge in [-0.05, 0) is 68.8 Å². The van der Waals surface area contributed by atoms with Crippen molar-refractivity contribution < 1.29 is 22.7 Å². The van der Waals surface area contributed by atoms with Gasteiger partial charge in [-0.15, -0.1) is 0 Å². The van der Waals surface area contributed by atoms with Crippen LogP contribution < -0.4 is 14.4 Å². The molecule has 0 spiro atoms. The number of nitrogens with one attached hydrogen (secondary N) is 1. The molecule has 39 heavy (non-hydrogen) atoms. The van der Waals surface area contributed by atoms with E-state index in [1.807, 2.05) is 31.2 Å². The predicted molar refractivity (Wildman–Crippen MR) is 157 cm³/mol. The number of anilines is 1. The highest BCUT2D eigenvalue weighted by Crippen LogP contribution is 2.35. The lowest BCUT2D eigenvalue weighted by atomic mass is 10.1. The molecule has 1 N–H and O–H groups in total. The minimum atomic E-state index is -4.24. The second-order valence-electron chi connectivity index (χ2n) is 8.86. The first-order chi connectivity index (χ1) is 18.5. The number of nitrogens with zero attached hydrogens (tertiary/aromatic N) is 2. The first-order valence-corrected chi connectivity index (χ1v) is 14.8. The molecule has 2 amide bonds. The van der Waals surface area contributed by atoms with Crippen LogP contribution in [0.25, 0.3) is 0 Å². The van der Waals surface area contributed by atoms with Crippen LogP contribution in [0, 0.1) is 6.92 Å². The number of ether oxygens (including phenoxy) is 1. The Morgan fingerprint density at radius 3 is 2.28 bits per heavy atom. The number of carbonyl (C=O) groups excluding carboxylic acids is 2. The summed E-state index contributed by atoms with van der Waals surface area (Å²) in [5.41, 5.74) is 1.76. The van der Waals surface area contributed by atoms with Gasteiger partial charge in [-0.3, -0.25) is 13.9 Å². The number of benzene rings is 3. The Balaban J connectivity index is 2.09. The van der Waals surface area contributed by atoms with Crippen LogP contribution in [0.1, 0.15) is 25.0 Å². The number of sulfonamides is 1. The van der Waals surface area contributed by atoms with Crippen LogP contribution in [0.5, 0.6) is 5.75 Å². The molecule has 0 aliphatic heterocycles. The molecule has 11 heteroatoms. The minimum absolute atomic E-state index is 0.000775. The standard InChI is InChI=1S/C28H31BrClN3O5S/c1-5-31-28(35)20(3)32(17-21-8-10-22(29)11-9-21)27(34)18-33(25-16-23(30)12-15-26(25)38-4)39(36,37)24-13-6-19(2)7-14-24/h6-16,20H,5,17-18H2,1-4H3,(H,31,35)/t20-/m1/s1. The number of rotatable bonds is 11. The molecule has 0 saturated heterocycles. The lowest BCUT2D eigenvalue weighted by molar-refractivity contribution is -0.139. The van der Waals surface area contributed by atoms with Gasteiger partial charge in [-0.2, -0.15) is 0 Å². The van der Waals surface area contributed by atoms with E-state index in [1.165, 1.54) is 36.3 Å². The first-order valence-electron chi connectivity index (χ1n) is 12.2. The van der Waals surface area contributed by atoms with Crippen LogP contribution in [0.15, 0.2) is 76.1 Å². The molecule has 3 aromatic rings. The third-order valence-corrected chi connectivity index (χ3v) is 8.62. The molecule has 0 heterocycles. The fourth-order valence-corrected chi connectivity index (χ4v) is 5.75. The van der Waals surface area contributed by atoms with Gasteiger partial charge in [-0.1, -0.05) is 57.4 Å². The van der Waals surface area contributed by atoms with Gasteiger partial charge >= 0.3 is 0 Å². The molecule has 3 rings (SSSR count). The minimum Gasteiger partial charge on any atom is -0.495 e. The Labute approximate surface area is 243 Å². The summed E-state index contributed by atoms with van der Waals surface area (Å²) in [6, 6.07) is 17.3. The SMILES string of the molecule is CCNC(=O)[C@@H](C)N(Cc1ccc(Br)cc1)C(=O)CN(c1cc(Cl)ccc1OC)S(=O)(=O)c1ccc(C)cc1. The average Bonchev–Trinajstić information content (AvgIpc) is 2.91. The van der Waals surface area contributed by atoms with Crippen LogP contribution in [-0.2, 0) is 26.2 Å². The average molecular weight is 637 g/mol. The molecule has 0 fully saturated rings. The highest BCUT2D eigenvalue weighted by atomic mass is 79.9. The number of amides is 2. The number of aryl methyl sites for hydroxylation is 1. The lowest BCUT2D eigenvalue weighted by Crippen LogP contribution is -2.51. The number of carbonyl (C=O) groups is 2. The Morgan fingerprint density at radius 2 is 1.69 bits per heavy atom. The Bertz CT molecular complexity index is 1420. The number of hydrogen-bond donors (Lipinski definition) is 1. The van der Waals surface area contributed by atoms with E-state index in [9.17, 15) is 18.0 Å². The zero-order valence-electron chi connectivity index (χ0n) is 22.1. The fourth-order valence-electron chi connectivity index (χ4n) is 3.90. The van der Waals surface area contributed by atoms with Crippen molar-refractivity contribution in [3.63, 3.8) is 0 Å². The van der Waals surface area contributed by atoms with Gasteiger partial charge in [0.25, 0.3) is 10.0 Å². The Kier molecular flexibility index (Phi) is 10.4. The van der Waals surface area contributed by atoms with Gasteiger partial charge in [0, 0.05) is 22.6 Å². The summed E-state index contributed by atoms with van der Waals surface area (Å²) in [6.45, 7) is 5.13. The smallest absolute Gasteiger partial charge is 0.264 e. The maximum Gasteiger partial charge on any atom is 0.264 e. The topological polar surface area (TPSA) is 96.0 Å². The summed E-state index contributed by atoms with van der Waals surface area (Å²) in [6.07, 6.45) is 0. The molecule has 0 bridgehead atoms. The van der Waals surface area contributed by atoms with Crippen LogP contribution in [0.3, 0.4) is 0 Å². The van der Waals surface area contributed by atoms with Crippen molar-refractivity contribution >= 4 is 55.1 Å². The molecular formula is C28H31BrClN3O5S. The van der Waals surface area contributed by atoms with E-state index >= 15 is 0 Å². The van der Waals surface area contributed by atoms with Crippen molar-refractivity contribution in [3.8, 4) is 5.75 Å². The molecule has 208 valence electrons. The van der Waals surface area contributed by atoms with Gasteiger partial charge in [0.1, 0.15) is 18.3 Å². The van der Waals surface area contributed by atoms with Crippen molar-refractivity contribution in [2.75, 3.05) is 24.5 Å². The summed E-state index contributed by atoms with van der Waals surface area (Å²) in [4.78, 5) is 28.1. The number of halogens is 2. The zero-order valence-corrected chi connectivity index (χ0v) is 25.3. The first kappa shape index (κ1) is 30.5. The molecule has 0 radical (unpaired) electrons. The highest BCUT2D eigenvalue weighted by Gasteiger charge is 2.34. The summed E-state index contributed by atoms with van der Waals surface area (Å²) in [5.74, 6) is -0.704. The van der Waals surface area contributed by atoms with Crippen molar-refractivity contribution in [1.29, 1.82) is 0 Å². The molecule has 0 aliphatic carbocycles. The molecule has 8 nitrogen and oxygen atoms in total. The summed E-state index contributed by atoms with van der Waals surface area (Å²) in [7, 11) is -2.84. The van der Waals surface area contributed by atoms with E-state index in [-0.39, 0.29) is 33.8 Å². The van der Waals surface area contributed by atoms with E-state index in [4.69, 9.17) is 16.3 Å². The van der Waals surface area contributed by atoms with Gasteiger partial charge in [0.2, 0.25) is 11.8 Å². The van der Waals surface area contributed by atoms with Crippen LogP contribution in [-0.4, -0.2) is 51.4 Å². The number of methoxy groups -OCH3 is 1. The largest absolute Gasteiger partial charge is 0.495 e. The van der Waals surface area contributed by atoms with Crippen molar-refractivity contribution in [2.24, 2.45) is 0 Å². The predicted octanol–water partition coefficient (Wildman–Crippen LogP) is 5.17. The second kappa shape index (κ2) is 13.3. The summed E-state index contributed by atoms with van der Waals surface area (Å²) < 4.78 is 35.2. The molecule has 0 unspecified atom stereocenters. The van der Waals surface area contributed by atoms with Gasteiger partial charge in [0.05, 0.1) is 17.7 Å². The fraction of sp³-hybridized carbons (Fsp3) is 0.286. The second-order valence-corrected chi connectivity index (χ2v) is 12.1. The molecule has 0 aliphatic rings. The third kappa shape index (κ3) is 7.52. The Hall–Kier alpha value is -3.08. The van der Waals surface area contributed by atoms with Gasteiger partial charge in [0.15, 0.2) is 0 Å². The van der Waals surface area contributed by atoms with E-state index in [0.29, 0.717) is 6.54 Å². The highest BCUT2D eigenvalue weighted by molar-refractivity contribution is 9.10. The van der Waals surface area contributed by atoms with E-state index < -0.39 is 28.5 Å². The zero-order chi connectivity index (χ0) is 28.7. The van der Waals surface area contributed by atoms with E-state index in [1.54, 1.807) is 32.0 Å². The monoisotopic (exact) mass is 635 g/mol. The van der Waals surface area contributed by atoms with E-state index in [2.05, 4.69) is 21.2 Å². The maximum atomic E-state index is 14.0. The third-order valence-electron chi connectivity index (χ3n) is 6.08. The Morgan fingerprint density at radius 1 is 1.05 bits per heavy atom. The van der Waals surface area contributed by atoms with Gasteiger partial charge < -0.3 is 15.0 Å². The number of hydrogen-bond acceptors (Lipinski definition) is 5. The van der Waals surface area contributed by atoms with Crippen LogP contribution >= 0.6 is 27.5 Å². The van der Waals surface area contributed by atoms with Crippen molar-refractivity contribution in [3.05, 3.63) is 87.4 Å². The maximum absolute atomic E-state index is 14.0. The molecule has 0 saturated carbocycles.